The molecule has 1 atom stereocenters. The van der Waals surface area contributed by atoms with E-state index in [0.717, 1.165) is 53.9 Å². The van der Waals surface area contributed by atoms with Crippen molar-refractivity contribution < 1.29 is 4.74 Å². The van der Waals surface area contributed by atoms with E-state index in [-0.39, 0.29) is 11.5 Å². The second-order valence-electron chi connectivity index (χ2n) is 9.12. The Morgan fingerprint density at radius 2 is 1.66 bits per heavy atom. The van der Waals surface area contributed by atoms with Crippen LogP contribution < -0.4 is 9.64 Å². The summed E-state index contributed by atoms with van der Waals surface area (Å²) in [5.74, 6) is 1.86. The molecule has 4 nitrogen and oxygen atoms in total. The number of rotatable bonds is 4. The smallest absolute Gasteiger partial charge is 0.133 e. The Morgan fingerprint density at radius 1 is 0.969 bits per heavy atom. The number of anilines is 1. The van der Waals surface area contributed by atoms with Gasteiger partial charge in [0, 0.05) is 5.41 Å². The van der Waals surface area contributed by atoms with Crippen molar-refractivity contribution in [3.8, 4) is 5.75 Å². The minimum absolute atomic E-state index is 0.0532. The number of halogens is 1. The normalized spacial score (nSPS) is 24.6. The molecule has 168 valence electrons. The fraction of sp³-hybridized carbons (Fsp3) is 0.462. The summed E-state index contributed by atoms with van der Waals surface area (Å²) in [7, 11) is 1.69. The highest BCUT2D eigenvalue weighted by Gasteiger charge is 2.58. The summed E-state index contributed by atoms with van der Waals surface area (Å²) in [6.45, 7) is 2.21. The molecule has 2 heterocycles. The molecule has 3 aliphatic rings. The number of amidine groups is 1. The lowest BCUT2D eigenvalue weighted by Gasteiger charge is -2.41. The van der Waals surface area contributed by atoms with E-state index in [0.29, 0.717) is 5.02 Å². The van der Waals surface area contributed by atoms with Gasteiger partial charge in [0.05, 0.1) is 34.5 Å². The third-order valence-corrected chi connectivity index (χ3v) is 8.20. The van der Waals surface area contributed by atoms with Gasteiger partial charge in [-0.25, -0.2) is 4.99 Å². The van der Waals surface area contributed by atoms with Crippen molar-refractivity contribution in [2.75, 3.05) is 25.1 Å². The third kappa shape index (κ3) is 3.74. The van der Waals surface area contributed by atoms with Gasteiger partial charge >= 0.3 is 0 Å². The maximum atomic E-state index is 6.73. The van der Waals surface area contributed by atoms with Crippen LogP contribution in [0.5, 0.6) is 5.75 Å². The first-order chi connectivity index (χ1) is 15.6. The molecule has 32 heavy (non-hydrogen) atoms. The third-order valence-electron chi connectivity index (χ3n) is 7.29. The Morgan fingerprint density at radius 3 is 2.31 bits per heavy atom. The summed E-state index contributed by atoms with van der Waals surface area (Å²) in [6.07, 6.45) is 8.44. The number of para-hydroxylation sites is 1. The molecule has 0 amide bonds. The van der Waals surface area contributed by atoms with Crippen LogP contribution in [0.1, 0.15) is 44.9 Å². The van der Waals surface area contributed by atoms with E-state index in [1.807, 2.05) is 42.5 Å². The van der Waals surface area contributed by atoms with E-state index >= 15 is 0 Å². The lowest BCUT2D eigenvalue weighted by molar-refractivity contribution is 0.155. The van der Waals surface area contributed by atoms with Gasteiger partial charge in [-0.2, -0.15) is 0 Å². The number of hydrogen-bond acceptors (Lipinski definition) is 4. The monoisotopic (exact) mass is 467 g/mol. The van der Waals surface area contributed by atoms with Crippen LogP contribution in [0.15, 0.2) is 53.5 Å². The molecule has 0 radical (unpaired) electrons. The van der Waals surface area contributed by atoms with E-state index in [2.05, 4.69) is 15.9 Å². The van der Waals surface area contributed by atoms with Crippen LogP contribution in [0.2, 0.25) is 5.02 Å². The minimum Gasteiger partial charge on any atom is -0.497 e. The lowest BCUT2D eigenvalue weighted by atomic mass is 9.70. The zero-order valence-electron chi connectivity index (χ0n) is 18.6. The first-order valence-corrected chi connectivity index (χ1v) is 12.5. The number of methoxy groups -OCH3 is 1. The summed E-state index contributed by atoms with van der Waals surface area (Å²) in [5.41, 5.74) is 1.80. The van der Waals surface area contributed by atoms with Crippen LogP contribution >= 0.6 is 23.8 Å². The molecule has 1 saturated carbocycles. The molecule has 0 N–H and O–H groups in total. The molecule has 0 bridgehead atoms. The van der Waals surface area contributed by atoms with Crippen molar-refractivity contribution in [2.45, 2.75) is 51.0 Å². The van der Waals surface area contributed by atoms with Gasteiger partial charge in [-0.1, -0.05) is 55.2 Å². The van der Waals surface area contributed by atoms with Crippen LogP contribution in [0, 0.1) is 5.41 Å². The maximum absolute atomic E-state index is 6.73. The highest BCUT2D eigenvalue weighted by atomic mass is 35.5. The summed E-state index contributed by atoms with van der Waals surface area (Å²) in [4.78, 5) is 11.1. The maximum Gasteiger partial charge on any atom is 0.133 e. The number of nitrogens with zero attached hydrogens (tertiary/aromatic N) is 3. The summed E-state index contributed by atoms with van der Waals surface area (Å²) in [5, 5.41) is 0.713. The summed E-state index contributed by atoms with van der Waals surface area (Å²) < 4.78 is 5.35. The minimum atomic E-state index is -0.0532. The van der Waals surface area contributed by atoms with E-state index in [9.17, 15) is 0 Å². The van der Waals surface area contributed by atoms with E-state index in [1.165, 1.54) is 32.1 Å². The van der Waals surface area contributed by atoms with Crippen LogP contribution in [0.3, 0.4) is 0 Å². The second kappa shape index (κ2) is 9.12. The topological polar surface area (TPSA) is 28.1 Å². The highest BCUT2D eigenvalue weighted by molar-refractivity contribution is 7.80. The zero-order chi connectivity index (χ0) is 22.1. The van der Waals surface area contributed by atoms with Crippen LogP contribution in [-0.2, 0) is 0 Å². The van der Waals surface area contributed by atoms with Crippen LogP contribution in [0.4, 0.5) is 11.4 Å². The molecule has 0 aromatic heterocycles. The average Bonchev–Trinajstić information content (AvgIpc) is 3.42. The molecular weight excluding hydrogens is 438 g/mol. The predicted molar refractivity (Wildman–Crippen MR) is 137 cm³/mol. The van der Waals surface area contributed by atoms with E-state index in [1.54, 1.807) is 7.11 Å². The van der Waals surface area contributed by atoms with Crippen molar-refractivity contribution in [1.82, 2.24) is 4.90 Å². The largest absolute Gasteiger partial charge is 0.497 e. The number of aliphatic imine (C=N–C) groups is 1. The van der Waals surface area contributed by atoms with Gasteiger partial charge in [0.25, 0.3) is 0 Å². The van der Waals surface area contributed by atoms with Gasteiger partial charge in [0.2, 0.25) is 0 Å². The van der Waals surface area contributed by atoms with E-state index < -0.39 is 0 Å². The molecule has 2 aromatic rings. The highest BCUT2D eigenvalue weighted by Crippen LogP contribution is 2.51. The van der Waals surface area contributed by atoms with Crippen molar-refractivity contribution in [2.24, 2.45) is 10.4 Å². The Balaban J connectivity index is 1.68. The molecule has 6 heteroatoms. The number of ether oxygens (including phenoxy) is 1. The summed E-state index contributed by atoms with van der Waals surface area (Å²) >= 11 is 13.0. The standard InChI is InChI=1S/C26H30ClN3OS/c1-31-20-13-11-19(12-14-20)28-24-23(29-17-7-8-18-29)26(15-5-2-6-16-26)25(32)30(24)22-10-4-3-9-21(22)27/h3-4,9-14,23H,2,5-8,15-18H2,1H3. The quantitative estimate of drug-likeness (QED) is 0.471. The van der Waals surface area contributed by atoms with E-state index in [4.69, 9.17) is 33.5 Å². The fourth-order valence-electron chi connectivity index (χ4n) is 5.76. The first-order valence-electron chi connectivity index (χ1n) is 11.7. The molecule has 1 spiro atoms. The Labute approximate surface area is 201 Å². The molecular formula is C26H30ClN3OS. The van der Waals surface area contributed by atoms with Crippen LogP contribution in [0.25, 0.3) is 0 Å². The number of thiocarbonyl (C=S) groups is 1. The zero-order valence-corrected chi connectivity index (χ0v) is 20.2. The average molecular weight is 468 g/mol. The van der Waals surface area contributed by atoms with Gasteiger partial charge in [-0.05, 0) is 75.2 Å². The predicted octanol–water partition coefficient (Wildman–Crippen LogP) is 6.64. The number of likely N-dealkylation sites (tertiary alicyclic amines) is 1. The van der Waals surface area contributed by atoms with Gasteiger partial charge in [-0.3, -0.25) is 9.80 Å². The molecule has 2 aliphatic heterocycles. The molecule has 2 aromatic carbocycles. The molecule has 2 saturated heterocycles. The lowest BCUT2D eigenvalue weighted by Crippen LogP contribution is -2.49. The Hall–Kier alpha value is -1.95. The van der Waals surface area contributed by atoms with Crippen molar-refractivity contribution >= 4 is 46.0 Å². The molecule has 3 fully saturated rings. The van der Waals surface area contributed by atoms with Crippen molar-refractivity contribution in [3.63, 3.8) is 0 Å². The fourth-order valence-corrected chi connectivity index (χ4v) is 6.49. The summed E-state index contributed by atoms with van der Waals surface area (Å²) in [6, 6.07) is 16.2. The number of benzene rings is 2. The molecule has 5 rings (SSSR count). The Kier molecular flexibility index (Phi) is 6.24. The molecule has 1 unspecified atom stereocenters. The van der Waals surface area contributed by atoms with Gasteiger partial charge in [-0.15, -0.1) is 0 Å². The van der Waals surface area contributed by atoms with Crippen LogP contribution in [-0.4, -0.2) is 42.0 Å². The second-order valence-corrected chi connectivity index (χ2v) is 9.92. The Bertz CT molecular complexity index is 1010. The van der Waals surface area contributed by atoms with Gasteiger partial charge < -0.3 is 4.74 Å². The van der Waals surface area contributed by atoms with Gasteiger partial charge in [0.1, 0.15) is 11.6 Å². The van der Waals surface area contributed by atoms with Crippen molar-refractivity contribution in [1.29, 1.82) is 0 Å². The molecule has 1 aliphatic carbocycles. The SMILES string of the molecule is COc1ccc(N=C2C(N3CCCC3)C3(CCCCC3)C(=S)N2c2ccccc2Cl)cc1. The van der Waals surface area contributed by atoms with Crippen molar-refractivity contribution in [3.05, 3.63) is 53.6 Å². The number of hydrogen-bond donors (Lipinski definition) is 0. The van der Waals surface area contributed by atoms with Gasteiger partial charge in [0.15, 0.2) is 0 Å². The first kappa shape index (κ1) is 21.9.